The van der Waals surface area contributed by atoms with Crippen LogP contribution in [0, 0.1) is 29.1 Å². The quantitative estimate of drug-likeness (QED) is 0.903. The molecule has 2 fully saturated rings. The van der Waals surface area contributed by atoms with Crippen LogP contribution in [0.4, 0.5) is 5.69 Å². The van der Waals surface area contributed by atoms with Gasteiger partial charge in [-0.05, 0) is 56.6 Å². The largest absolute Gasteiger partial charge is 0.342 e. The van der Waals surface area contributed by atoms with Gasteiger partial charge in [-0.15, -0.1) is 0 Å². The van der Waals surface area contributed by atoms with E-state index in [1.165, 1.54) is 6.42 Å². The van der Waals surface area contributed by atoms with Crippen LogP contribution in [0.3, 0.4) is 0 Å². The third-order valence-corrected chi connectivity index (χ3v) is 5.72. The maximum atomic E-state index is 12.7. The molecule has 1 heterocycles. The Balaban J connectivity index is 1.52. The summed E-state index contributed by atoms with van der Waals surface area (Å²) in [4.78, 5) is 27.3. The molecule has 1 saturated heterocycles. The first-order valence-corrected chi connectivity index (χ1v) is 9.67. The minimum Gasteiger partial charge on any atom is -0.342 e. The van der Waals surface area contributed by atoms with Crippen LogP contribution in [0.2, 0.25) is 0 Å². The van der Waals surface area contributed by atoms with E-state index in [0.717, 1.165) is 45.2 Å². The second-order valence-corrected chi connectivity index (χ2v) is 7.73. The Kier molecular flexibility index (Phi) is 5.92. The maximum absolute atomic E-state index is 12.7. The molecule has 1 aromatic carbocycles. The Labute approximate surface area is 155 Å². The number of para-hydroxylation sites is 1. The molecule has 138 valence electrons. The van der Waals surface area contributed by atoms with Crippen molar-refractivity contribution in [2.75, 3.05) is 18.4 Å². The molecule has 1 N–H and O–H groups in total. The molecule has 5 heteroatoms. The third kappa shape index (κ3) is 4.24. The van der Waals surface area contributed by atoms with E-state index in [-0.39, 0.29) is 23.7 Å². The number of hydrogen-bond acceptors (Lipinski definition) is 3. The van der Waals surface area contributed by atoms with Crippen LogP contribution in [0.15, 0.2) is 24.3 Å². The second kappa shape index (κ2) is 8.35. The summed E-state index contributed by atoms with van der Waals surface area (Å²) in [6.45, 7) is 3.97. The SMILES string of the molecule is CC1CCCN(C(=O)C2CCC(C(=O)Nc3ccccc3C#N)CC2)C1. The number of likely N-dealkylation sites (tertiary alicyclic amines) is 1. The summed E-state index contributed by atoms with van der Waals surface area (Å²) in [7, 11) is 0. The molecular weight excluding hydrogens is 326 g/mol. The minimum absolute atomic E-state index is 0.0369. The Morgan fingerprint density at radius 3 is 2.50 bits per heavy atom. The van der Waals surface area contributed by atoms with Crippen LogP contribution >= 0.6 is 0 Å². The predicted molar refractivity (Wildman–Crippen MR) is 100 cm³/mol. The predicted octanol–water partition coefficient (Wildman–Crippen LogP) is 3.56. The molecule has 1 aromatic rings. The van der Waals surface area contributed by atoms with Gasteiger partial charge in [0, 0.05) is 24.9 Å². The second-order valence-electron chi connectivity index (χ2n) is 7.73. The molecule has 0 aromatic heterocycles. The first-order chi connectivity index (χ1) is 12.6. The summed E-state index contributed by atoms with van der Waals surface area (Å²) in [6.07, 6.45) is 5.34. The molecule has 1 atom stereocenters. The lowest BCUT2D eigenvalue weighted by atomic mass is 9.80. The Morgan fingerprint density at radius 2 is 1.81 bits per heavy atom. The van der Waals surface area contributed by atoms with Crippen molar-refractivity contribution in [2.45, 2.75) is 45.4 Å². The zero-order valence-corrected chi connectivity index (χ0v) is 15.4. The van der Waals surface area contributed by atoms with E-state index in [0.29, 0.717) is 17.2 Å². The number of piperidine rings is 1. The van der Waals surface area contributed by atoms with Crippen LogP contribution in [0.1, 0.15) is 51.0 Å². The minimum atomic E-state index is -0.0777. The van der Waals surface area contributed by atoms with Crippen LogP contribution in [0.5, 0.6) is 0 Å². The zero-order valence-electron chi connectivity index (χ0n) is 15.4. The molecule has 0 spiro atoms. The first kappa shape index (κ1) is 18.4. The smallest absolute Gasteiger partial charge is 0.227 e. The number of hydrogen-bond donors (Lipinski definition) is 1. The lowest BCUT2D eigenvalue weighted by Gasteiger charge is -2.35. The van der Waals surface area contributed by atoms with Crippen LogP contribution in [-0.4, -0.2) is 29.8 Å². The fraction of sp³-hybridized carbons (Fsp3) is 0.571. The monoisotopic (exact) mass is 353 g/mol. The van der Waals surface area contributed by atoms with Crippen molar-refractivity contribution >= 4 is 17.5 Å². The fourth-order valence-electron chi connectivity index (χ4n) is 4.17. The molecule has 0 bridgehead atoms. The highest BCUT2D eigenvalue weighted by Crippen LogP contribution is 2.32. The molecular formula is C21H27N3O2. The Hall–Kier alpha value is -2.35. The van der Waals surface area contributed by atoms with Crippen molar-refractivity contribution in [3.63, 3.8) is 0 Å². The molecule has 1 aliphatic carbocycles. The summed E-state index contributed by atoms with van der Waals surface area (Å²) < 4.78 is 0. The van der Waals surface area contributed by atoms with Crippen molar-refractivity contribution in [1.29, 1.82) is 5.26 Å². The van der Waals surface area contributed by atoms with Gasteiger partial charge in [-0.25, -0.2) is 0 Å². The van der Waals surface area contributed by atoms with Crippen LogP contribution < -0.4 is 5.32 Å². The Bertz CT molecular complexity index is 701. The normalized spacial score (nSPS) is 26.0. The number of carbonyl (C=O) groups is 2. The standard InChI is InChI=1S/C21H27N3O2/c1-15-5-4-12-24(14-15)21(26)17-10-8-16(9-11-17)20(25)23-19-7-3-2-6-18(19)13-22/h2-3,6-7,15-17H,4-5,8-12,14H2,1H3,(H,23,25). The average Bonchev–Trinajstić information content (AvgIpc) is 2.68. The number of anilines is 1. The van der Waals surface area contributed by atoms with Gasteiger partial charge in [0.15, 0.2) is 0 Å². The molecule has 1 unspecified atom stereocenters. The van der Waals surface area contributed by atoms with Gasteiger partial charge in [0.2, 0.25) is 11.8 Å². The third-order valence-electron chi connectivity index (χ3n) is 5.72. The maximum Gasteiger partial charge on any atom is 0.227 e. The first-order valence-electron chi connectivity index (χ1n) is 9.67. The number of amides is 2. The van der Waals surface area contributed by atoms with E-state index in [1.54, 1.807) is 18.2 Å². The van der Waals surface area contributed by atoms with E-state index < -0.39 is 0 Å². The van der Waals surface area contributed by atoms with Crippen molar-refractivity contribution in [1.82, 2.24) is 4.90 Å². The Morgan fingerprint density at radius 1 is 1.12 bits per heavy atom. The molecule has 26 heavy (non-hydrogen) atoms. The van der Waals surface area contributed by atoms with Gasteiger partial charge in [0.05, 0.1) is 11.3 Å². The molecule has 0 radical (unpaired) electrons. The van der Waals surface area contributed by atoms with Gasteiger partial charge >= 0.3 is 0 Å². The molecule has 2 amide bonds. The molecule has 3 rings (SSSR count). The van der Waals surface area contributed by atoms with E-state index in [9.17, 15) is 9.59 Å². The highest BCUT2D eigenvalue weighted by atomic mass is 16.2. The van der Waals surface area contributed by atoms with Gasteiger partial charge in [-0.2, -0.15) is 5.26 Å². The van der Waals surface area contributed by atoms with Gasteiger partial charge in [0.1, 0.15) is 6.07 Å². The molecule has 5 nitrogen and oxygen atoms in total. The van der Waals surface area contributed by atoms with Gasteiger partial charge in [-0.3, -0.25) is 9.59 Å². The molecule has 2 aliphatic rings. The topological polar surface area (TPSA) is 73.2 Å². The van der Waals surface area contributed by atoms with Crippen LogP contribution in [0.25, 0.3) is 0 Å². The summed E-state index contributed by atoms with van der Waals surface area (Å²) in [6, 6.07) is 9.15. The summed E-state index contributed by atoms with van der Waals surface area (Å²) in [5.41, 5.74) is 1.05. The number of nitrogens with one attached hydrogen (secondary N) is 1. The lowest BCUT2D eigenvalue weighted by Crippen LogP contribution is -2.43. The van der Waals surface area contributed by atoms with Gasteiger partial charge < -0.3 is 10.2 Å². The number of carbonyl (C=O) groups excluding carboxylic acids is 2. The van der Waals surface area contributed by atoms with E-state index in [4.69, 9.17) is 5.26 Å². The molecule has 1 aliphatic heterocycles. The van der Waals surface area contributed by atoms with E-state index >= 15 is 0 Å². The van der Waals surface area contributed by atoms with Gasteiger partial charge in [0.25, 0.3) is 0 Å². The summed E-state index contributed by atoms with van der Waals surface area (Å²) in [5, 5.41) is 12.0. The van der Waals surface area contributed by atoms with Crippen molar-refractivity contribution < 1.29 is 9.59 Å². The number of nitriles is 1. The molecule has 1 saturated carbocycles. The van der Waals surface area contributed by atoms with Gasteiger partial charge in [-0.1, -0.05) is 19.1 Å². The van der Waals surface area contributed by atoms with E-state index in [2.05, 4.69) is 18.3 Å². The number of rotatable bonds is 3. The highest BCUT2D eigenvalue weighted by Gasteiger charge is 2.33. The van der Waals surface area contributed by atoms with E-state index in [1.807, 2.05) is 11.0 Å². The lowest BCUT2D eigenvalue weighted by molar-refractivity contribution is -0.139. The number of nitrogens with zero attached hydrogens (tertiary/aromatic N) is 2. The average molecular weight is 353 g/mol. The number of benzene rings is 1. The van der Waals surface area contributed by atoms with Crippen molar-refractivity contribution in [2.24, 2.45) is 17.8 Å². The summed E-state index contributed by atoms with van der Waals surface area (Å²) in [5.74, 6) is 0.826. The fourth-order valence-corrected chi connectivity index (χ4v) is 4.17. The van der Waals surface area contributed by atoms with Crippen LogP contribution in [-0.2, 0) is 9.59 Å². The summed E-state index contributed by atoms with van der Waals surface area (Å²) >= 11 is 0. The zero-order chi connectivity index (χ0) is 18.5. The highest BCUT2D eigenvalue weighted by molar-refractivity contribution is 5.94. The van der Waals surface area contributed by atoms with Crippen molar-refractivity contribution in [3.05, 3.63) is 29.8 Å². The van der Waals surface area contributed by atoms with Crippen molar-refractivity contribution in [3.8, 4) is 6.07 Å².